The number of ether oxygens (including phenoxy) is 1. The minimum atomic E-state index is -0.800. The second-order valence-corrected chi connectivity index (χ2v) is 4.18. The molecule has 0 spiro atoms. The molecule has 1 aliphatic heterocycles. The summed E-state index contributed by atoms with van der Waals surface area (Å²) in [5.41, 5.74) is 5.90. The summed E-state index contributed by atoms with van der Waals surface area (Å²) in [6, 6.07) is 4.25. The van der Waals surface area contributed by atoms with E-state index in [0.717, 1.165) is 6.07 Å². The van der Waals surface area contributed by atoms with Crippen LogP contribution in [0.25, 0.3) is 0 Å². The molecule has 1 atom stereocenters. The third kappa shape index (κ3) is 3.62. The molecule has 3 nitrogen and oxygen atoms in total. The number of rotatable bonds is 3. The molecule has 1 aromatic carbocycles. The van der Waals surface area contributed by atoms with Gasteiger partial charge in [-0.3, -0.25) is 4.90 Å². The van der Waals surface area contributed by atoms with Crippen molar-refractivity contribution >= 4 is 12.4 Å². The summed E-state index contributed by atoms with van der Waals surface area (Å²) >= 11 is 0. The van der Waals surface area contributed by atoms with E-state index in [4.69, 9.17) is 10.5 Å². The van der Waals surface area contributed by atoms with Crippen molar-refractivity contribution in [3.8, 4) is 0 Å². The first-order chi connectivity index (χ1) is 8.20. The minimum Gasteiger partial charge on any atom is -0.374 e. The third-order valence-electron chi connectivity index (χ3n) is 2.91. The van der Waals surface area contributed by atoms with Crippen LogP contribution in [-0.2, 0) is 11.3 Å². The van der Waals surface area contributed by atoms with Crippen LogP contribution in [0.2, 0.25) is 0 Å². The monoisotopic (exact) mass is 278 g/mol. The summed E-state index contributed by atoms with van der Waals surface area (Å²) in [7, 11) is 0. The Morgan fingerprint density at radius 3 is 2.89 bits per heavy atom. The van der Waals surface area contributed by atoms with Crippen LogP contribution in [0, 0.1) is 11.6 Å². The van der Waals surface area contributed by atoms with Gasteiger partial charge in [0.25, 0.3) is 0 Å². The zero-order valence-electron chi connectivity index (χ0n) is 9.94. The standard InChI is InChI=1S/C12H16F2N2O.ClH/c13-11-3-1-2-9(12(11)14)7-16-4-5-17-10(6-15)8-16;/h1-3,10H,4-8,15H2;1H. The molecule has 18 heavy (non-hydrogen) atoms. The van der Waals surface area contributed by atoms with Gasteiger partial charge in [0.2, 0.25) is 0 Å². The SMILES string of the molecule is Cl.NCC1CN(Cc2cccc(F)c2F)CCO1. The van der Waals surface area contributed by atoms with Crippen molar-refractivity contribution in [1.29, 1.82) is 0 Å². The quantitative estimate of drug-likeness (QED) is 0.912. The lowest BCUT2D eigenvalue weighted by Crippen LogP contribution is -2.45. The van der Waals surface area contributed by atoms with E-state index in [-0.39, 0.29) is 18.5 Å². The molecule has 0 saturated carbocycles. The van der Waals surface area contributed by atoms with Crippen molar-refractivity contribution in [1.82, 2.24) is 4.90 Å². The van der Waals surface area contributed by atoms with Gasteiger partial charge in [-0.05, 0) is 6.07 Å². The fourth-order valence-electron chi connectivity index (χ4n) is 1.98. The smallest absolute Gasteiger partial charge is 0.163 e. The lowest BCUT2D eigenvalue weighted by molar-refractivity contribution is -0.0263. The van der Waals surface area contributed by atoms with E-state index in [1.54, 1.807) is 6.07 Å². The van der Waals surface area contributed by atoms with Gasteiger partial charge in [0, 0.05) is 31.7 Å². The molecule has 1 saturated heterocycles. The van der Waals surface area contributed by atoms with Gasteiger partial charge in [0.1, 0.15) is 0 Å². The number of benzene rings is 1. The Hall–Kier alpha value is -0.750. The highest BCUT2D eigenvalue weighted by Gasteiger charge is 2.20. The van der Waals surface area contributed by atoms with Crippen LogP contribution in [-0.4, -0.2) is 37.2 Å². The maximum atomic E-state index is 13.5. The van der Waals surface area contributed by atoms with Crippen molar-refractivity contribution in [2.45, 2.75) is 12.6 Å². The van der Waals surface area contributed by atoms with Crippen LogP contribution in [0.3, 0.4) is 0 Å². The molecular formula is C12H17ClF2N2O. The molecule has 1 aromatic rings. The van der Waals surface area contributed by atoms with E-state index in [2.05, 4.69) is 0 Å². The van der Waals surface area contributed by atoms with E-state index >= 15 is 0 Å². The fourth-order valence-corrected chi connectivity index (χ4v) is 1.98. The van der Waals surface area contributed by atoms with Gasteiger partial charge in [-0.2, -0.15) is 0 Å². The fraction of sp³-hybridized carbons (Fsp3) is 0.500. The van der Waals surface area contributed by atoms with Gasteiger partial charge in [-0.15, -0.1) is 12.4 Å². The summed E-state index contributed by atoms with van der Waals surface area (Å²) in [6.45, 7) is 2.79. The number of hydrogen-bond donors (Lipinski definition) is 1. The first-order valence-corrected chi connectivity index (χ1v) is 5.67. The number of nitrogens with zero attached hydrogens (tertiary/aromatic N) is 1. The summed E-state index contributed by atoms with van der Waals surface area (Å²) < 4.78 is 31.9. The maximum absolute atomic E-state index is 13.5. The molecule has 102 valence electrons. The molecule has 0 radical (unpaired) electrons. The second-order valence-electron chi connectivity index (χ2n) is 4.18. The van der Waals surface area contributed by atoms with Crippen LogP contribution in [0.1, 0.15) is 5.56 Å². The number of halogens is 3. The summed E-state index contributed by atoms with van der Waals surface area (Å²) in [6.07, 6.45) is -0.0135. The van der Waals surface area contributed by atoms with Gasteiger partial charge >= 0.3 is 0 Å². The summed E-state index contributed by atoms with van der Waals surface area (Å²) in [5, 5.41) is 0. The third-order valence-corrected chi connectivity index (χ3v) is 2.91. The Bertz CT molecular complexity index is 392. The maximum Gasteiger partial charge on any atom is 0.163 e. The first kappa shape index (κ1) is 15.3. The number of hydrogen-bond acceptors (Lipinski definition) is 3. The van der Waals surface area contributed by atoms with Gasteiger partial charge in [-0.25, -0.2) is 8.78 Å². The molecule has 0 amide bonds. The predicted octanol–water partition coefficient (Wildman–Crippen LogP) is 1.55. The molecule has 0 aromatic heterocycles. The molecule has 1 fully saturated rings. The van der Waals surface area contributed by atoms with E-state index in [0.29, 0.717) is 38.3 Å². The molecule has 2 rings (SSSR count). The van der Waals surface area contributed by atoms with E-state index in [1.807, 2.05) is 4.90 Å². The highest BCUT2D eigenvalue weighted by Crippen LogP contribution is 2.15. The van der Waals surface area contributed by atoms with Crippen molar-refractivity contribution < 1.29 is 13.5 Å². The molecule has 6 heteroatoms. The van der Waals surface area contributed by atoms with Crippen molar-refractivity contribution in [2.24, 2.45) is 5.73 Å². The summed E-state index contributed by atoms with van der Waals surface area (Å²) in [4.78, 5) is 2.03. The topological polar surface area (TPSA) is 38.5 Å². The van der Waals surface area contributed by atoms with Crippen LogP contribution in [0.4, 0.5) is 8.78 Å². The highest BCUT2D eigenvalue weighted by molar-refractivity contribution is 5.85. The Morgan fingerprint density at radius 2 is 2.17 bits per heavy atom. The second kappa shape index (κ2) is 6.99. The van der Waals surface area contributed by atoms with Crippen molar-refractivity contribution in [2.75, 3.05) is 26.2 Å². The lowest BCUT2D eigenvalue weighted by Gasteiger charge is -2.32. The van der Waals surface area contributed by atoms with Crippen molar-refractivity contribution in [3.63, 3.8) is 0 Å². The van der Waals surface area contributed by atoms with Crippen LogP contribution < -0.4 is 5.73 Å². The summed E-state index contributed by atoms with van der Waals surface area (Å²) in [5.74, 6) is -1.56. The lowest BCUT2D eigenvalue weighted by atomic mass is 10.1. The molecule has 2 N–H and O–H groups in total. The van der Waals surface area contributed by atoms with Crippen LogP contribution in [0.15, 0.2) is 18.2 Å². The van der Waals surface area contributed by atoms with Gasteiger partial charge in [-0.1, -0.05) is 12.1 Å². The number of nitrogens with two attached hydrogens (primary N) is 1. The van der Waals surface area contributed by atoms with E-state index in [9.17, 15) is 8.78 Å². The predicted molar refractivity (Wildman–Crippen MR) is 67.7 cm³/mol. The van der Waals surface area contributed by atoms with Gasteiger partial charge in [0.05, 0.1) is 12.7 Å². The number of morpholine rings is 1. The first-order valence-electron chi connectivity index (χ1n) is 5.67. The highest BCUT2D eigenvalue weighted by atomic mass is 35.5. The molecule has 0 bridgehead atoms. The Morgan fingerprint density at radius 1 is 1.39 bits per heavy atom. The van der Waals surface area contributed by atoms with Gasteiger partial charge < -0.3 is 10.5 Å². The molecule has 0 aliphatic carbocycles. The Kier molecular flexibility index (Phi) is 5.95. The Labute approximate surface area is 111 Å². The molecular weight excluding hydrogens is 262 g/mol. The normalized spacial score (nSPS) is 20.5. The van der Waals surface area contributed by atoms with Crippen LogP contribution >= 0.6 is 12.4 Å². The Balaban J connectivity index is 0.00000162. The van der Waals surface area contributed by atoms with Gasteiger partial charge in [0.15, 0.2) is 11.6 Å². The average Bonchev–Trinajstić information content (AvgIpc) is 2.35. The zero-order chi connectivity index (χ0) is 12.3. The largest absolute Gasteiger partial charge is 0.374 e. The van der Waals surface area contributed by atoms with Crippen molar-refractivity contribution in [3.05, 3.63) is 35.4 Å². The van der Waals surface area contributed by atoms with E-state index < -0.39 is 11.6 Å². The molecule has 1 heterocycles. The van der Waals surface area contributed by atoms with Crippen LogP contribution in [0.5, 0.6) is 0 Å². The zero-order valence-corrected chi connectivity index (χ0v) is 10.8. The molecule has 1 unspecified atom stereocenters. The average molecular weight is 279 g/mol. The minimum absolute atomic E-state index is 0. The molecule has 1 aliphatic rings. The van der Waals surface area contributed by atoms with E-state index in [1.165, 1.54) is 6.07 Å².